The average molecular weight is 894 g/mol. The number of amides is 1. The van der Waals surface area contributed by atoms with Crippen molar-refractivity contribution in [2.24, 2.45) is 5.10 Å². The van der Waals surface area contributed by atoms with Crippen molar-refractivity contribution in [3.8, 4) is 17.2 Å². The number of hydrazone groups is 1. The number of hydrazine groups is 2. The van der Waals surface area contributed by atoms with Crippen molar-refractivity contribution in [2.45, 2.75) is 42.4 Å². The van der Waals surface area contributed by atoms with Gasteiger partial charge in [-0.1, -0.05) is 36.4 Å². The molecule has 0 spiro atoms. The molecule has 0 saturated heterocycles. The molecule has 0 bridgehead atoms. The van der Waals surface area contributed by atoms with Crippen LogP contribution in [-0.4, -0.2) is 77.2 Å². The molecular formula is C35H40IN7O9S2. The maximum Gasteiger partial charge on any atom is 0.404 e. The fraction of sp³-hybridized carbons (Fsp3) is 0.257. The Balaban J connectivity index is 1.62. The van der Waals surface area contributed by atoms with Crippen molar-refractivity contribution in [3.05, 3.63) is 111 Å². The summed E-state index contributed by atoms with van der Waals surface area (Å²) in [6.45, 7) is 1.12. The predicted molar refractivity (Wildman–Crippen MR) is 209 cm³/mol. The molecule has 1 aliphatic heterocycles. The van der Waals surface area contributed by atoms with E-state index in [-0.39, 0.29) is 37.6 Å². The molecule has 5 N–H and O–H groups in total. The Hall–Kier alpha value is -4.67. The van der Waals surface area contributed by atoms with Crippen LogP contribution in [0.4, 0.5) is 4.79 Å². The molecule has 5 rings (SSSR count). The molecule has 0 aromatic heterocycles. The summed E-state index contributed by atoms with van der Waals surface area (Å²) in [4.78, 5) is 10.1. The lowest BCUT2D eigenvalue weighted by molar-refractivity contribution is 0.170. The first-order valence-corrected chi connectivity index (χ1v) is 20.3. The molecule has 54 heavy (non-hydrogen) atoms. The largest absolute Gasteiger partial charge is 0.497 e. The van der Waals surface area contributed by atoms with E-state index < -0.39 is 42.0 Å². The zero-order valence-electron chi connectivity index (χ0n) is 29.7. The zero-order valence-corrected chi connectivity index (χ0v) is 33.5. The molecule has 0 fully saturated rings. The first kappa shape index (κ1) is 40.5. The van der Waals surface area contributed by atoms with Crippen LogP contribution in [0.25, 0.3) is 0 Å². The van der Waals surface area contributed by atoms with Gasteiger partial charge in [-0.25, -0.2) is 31.9 Å². The van der Waals surface area contributed by atoms with Crippen LogP contribution in [0, 0.1) is 3.57 Å². The van der Waals surface area contributed by atoms with E-state index in [1.807, 2.05) is 34.7 Å². The van der Waals surface area contributed by atoms with Gasteiger partial charge in [0.2, 0.25) is 20.0 Å². The van der Waals surface area contributed by atoms with Gasteiger partial charge in [-0.05, 0) is 94.7 Å². The molecule has 1 amide bonds. The van der Waals surface area contributed by atoms with Gasteiger partial charge in [0.15, 0.2) is 5.84 Å². The summed E-state index contributed by atoms with van der Waals surface area (Å²) < 4.78 is 78.5. The topological polar surface area (TPSA) is 200 Å². The Labute approximate surface area is 327 Å². The van der Waals surface area contributed by atoms with Gasteiger partial charge in [0, 0.05) is 29.2 Å². The lowest BCUT2D eigenvalue weighted by Crippen LogP contribution is -2.43. The van der Waals surface area contributed by atoms with E-state index in [4.69, 9.17) is 19.3 Å². The molecule has 0 radical (unpaired) electrons. The lowest BCUT2D eigenvalue weighted by atomic mass is 10.2. The van der Waals surface area contributed by atoms with Gasteiger partial charge < -0.3 is 24.6 Å². The molecule has 288 valence electrons. The quantitative estimate of drug-likeness (QED) is 0.0962. The second-order valence-electron chi connectivity index (χ2n) is 12.0. The van der Waals surface area contributed by atoms with Crippen LogP contribution in [0.5, 0.6) is 17.2 Å². The Morgan fingerprint density at radius 2 is 1.33 bits per heavy atom. The summed E-state index contributed by atoms with van der Waals surface area (Å²) in [5.74, 6) is 1.88. The van der Waals surface area contributed by atoms with Crippen LogP contribution in [-0.2, 0) is 39.7 Å². The van der Waals surface area contributed by atoms with Crippen molar-refractivity contribution in [3.63, 3.8) is 0 Å². The van der Waals surface area contributed by atoms with Gasteiger partial charge in [-0.2, -0.15) is 4.31 Å². The standard InChI is InChI=1S/C35H40IN7O9S2/c1-23(38-35(44)45)19-37-53(46,47)31-18-17-30(36)32(34-39-41-43(40-34)22-26-9-15-29(52-4)16-10-26)33(31)54(48,49)42(20-24-5-11-27(50-2)12-6-24)21-25-7-13-28(51-3)14-8-25/h5-18,23,37-38,41H,19-22H2,1-4H3,(H,39,40)(H,44,45)/t23-/m1/s1. The van der Waals surface area contributed by atoms with E-state index in [1.54, 1.807) is 67.8 Å². The second-order valence-corrected chi connectivity index (χ2v) is 16.8. The maximum atomic E-state index is 15.3. The van der Waals surface area contributed by atoms with Gasteiger partial charge in [0.1, 0.15) is 27.0 Å². The fourth-order valence-corrected chi connectivity index (χ4v) is 9.85. The Morgan fingerprint density at radius 3 is 1.81 bits per heavy atom. The van der Waals surface area contributed by atoms with Gasteiger partial charge in [0.25, 0.3) is 0 Å². The number of amidine groups is 1. The van der Waals surface area contributed by atoms with Crippen LogP contribution in [0.15, 0.2) is 99.8 Å². The molecule has 0 saturated carbocycles. The molecule has 4 aromatic carbocycles. The van der Waals surface area contributed by atoms with Crippen molar-refractivity contribution >= 4 is 54.6 Å². The average Bonchev–Trinajstić information content (AvgIpc) is 3.62. The van der Waals surface area contributed by atoms with Crippen molar-refractivity contribution < 1.29 is 40.9 Å². The highest BCUT2D eigenvalue weighted by molar-refractivity contribution is 14.1. The highest BCUT2D eigenvalue weighted by Gasteiger charge is 2.38. The summed E-state index contributed by atoms with van der Waals surface area (Å²) in [6, 6.07) is 22.9. The van der Waals surface area contributed by atoms with Crippen LogP contribution in [0.2, 0.25) is 0 Å². The summed E-state index contributed by atoms with van der Waals surface area (Å²) in [7, 11) is -4.70. The number of hydrogen-bond donors (Lipinski definition) is 5. The van der Waals surface area contributed by atoms with Gasteiger partial charge >= 0.3 is 6.09 Å². The van der Waals surface area contributed by atoms with E-state index in [2.05, 4.69) is 26.1 Å². The van der Waals surface area contributed by atoms with E-state index in [9.17, 15) is 13.2 Å². The minimum Gasteiger partial charge on any atom is -0.497 e. The Morgan fingerprint density at radius 1 is 0.833 bits per heavy atom. The summed E-state index contributed by atoms with van der Waals surface area (Å²) in [5, 5.41) is 17.3. The van der Waals surface area contributed by atoms with E-state index in [1.165, 1.54) is 42.7 Å². The molecule has 1 atom stereocenters. The molecule has 4 aromatic rings. The predicted octanol–water partition coefficient (Wildman–Crippen LogP) is 3.83. The minimum absolute atomic E-state index is 0.00868. The first-order chi connectivity index (χ1) is 25.7. The number of hydrogen-bond acceptors (Lipinski definition) is 12. The fourth-order valence-electron chi connectivity index (χ4n) is 5.41. The maximum absolute atomic E-state index is 15.3. The lowest BCUT2D eigenvalue weighted by Gasteiger charge is -2.26. The highest BCUT2D eigenvalue weighted by atomic mass is 127. The number of carbonyl (C=O) groups is 1. The Bertz CT molecular complexity index is 2140. The SMILES string of the molecule is COc1ccc(CN2NN=C(c3c(I)ccc(S(=O)(=O)NC[C@@H](C)NC(=O)O)c3S(=O)(=O)N(Cc3ccc(OC)cc3)Cc3ccc(OC)cc3)N2)cc1. The molecular weight excluding hydrogens is 853 g/mol. The number of ether oxygens (including phenoxy) is 3. The van der Waals surface area contributed by atoms with Crippen LogP contribution >= 0.6 is 22.6 Å². The minimum atomic E-state index is -4.72. The third kappa shape index (κ3) is 9.89. The van der Waals surface area contributed by atoms with Crippen molar-refractivity contribution in [1.82, 2.24) is 30.4 Å². The van der Waals surface area contributed by atoms with Crippen molar-refractivity contribution in [1.29, 1.82) is 0 Å². The zero-order chi connectivity index (χ0) is 39.0. The summed E-state index contributed by atoms with van der Waals surface area (Å²) in [5.41, 5.74) is 8.03. The molecule has 16 nitrogen and oxygen atoms in total. The number of nitrogens with one attached hydrogen (secondary N) is 4. The van der Waals surface area contributed by atoms with E-state index >= 15 is 8.42 Å². The number of benzene rings is 4. The number of nitrogens with zero attached hydrogens (tertiary/aromatic N) is 3. The van der Waals surface area contributed by atoms with Crippen LogP contribution in [0.1, 0.15) is 29.2 Å². The molecule has 0 aliphatic carbocycles. The third-order valence-electron chi connectivity index (χ3n) is 8.20. The third-order valence-corrected chi connectivity index (χ3v) is 12.6. The van der Waals surface area contributed by atoms with E-state index in [0.29, 0.717) is 31.9 Å². The molecule has 19 heteroatoms. The van der Waals surface area contributed by atoms with Gasteiger partial charge in [-0.15, -0.1) is 10.2 Å². The summed E-state index contributed by atoms with van der Waals surface area (Å²) >= 11 is 1.95. The number of halogens is 1. The normalized spacial score (nSPS) is 13.8. The number of methoxy groups -OCH3 is 3. The second kappa shape index (κ2) is 17.6. The number of sulfonamides is 2. The van der Waals surface area contributed by atoms with Gasteiger partial charge in [-0.3, -0.25) is 5.43 Å². The van der Waals surface area contributed by atoms with Crippen molar-refractivity contribution in [2.75, 3.05) is 27.9 Å². The first-order valence-electron chi connectivity index (χ1n) is 16.3. The Kier molecular flexibility index (Phi) is 13.2. The van der Waals surface area contributed by atoms with Crippen LogP contribution < -0.4 is 35.2 Å². The van der Waals surface area contributed by atoms with Gasteiger partial charge in [0.05, 0.1) is 33.4 Å². The molecule has 0 unspecified atom stereocenters. The van der Waals surface area contributed by atoms with E-state index in [0.717, 1.165) is 5.56 Å². The smallest absolute Gasteiger partial charge is 0.404 e. The molecule has 1 heterocycles. The monoisotopic (exact) mass is 893 g/mol. The summed E-state index contributed by atoms with van der Waals surface area (Å²) in [6.07, 6.45) is -1.34. The highest BCUT2D eigenvalue weighted by Crippen LogP contribution is 2.34. The van der Waals surface area contributed by atoms with Crippen LogP contribution in [0.3, 0.4) is 0 Å². The number of carboxylic acid groups (broad SMARTS) is 1. The molecule has 1 aliphatic rings. The number of rotatable bonds is 17.